The monoisotopic (exact) mass is 288 g/mol. The van der Waals surface area contributed by atoms with Crippen LogP contribution in [0.5, 0.6) is 0 Å². The van der Waals surface area contributed by atoms with Crippen LogP contribution in [0.15, 0.2) is 0 Å². The summed E-state index contributed by atoms with van der Waals surface area (Å²) in [5, 5.41) is 3.25. The molecule has 19 heavy (non-hydrogen) atoms. The van der Waals surface area contributed by atoms with Gasteiger partial charge in [0.2, 0.25) is 18.1 Å². The highest BCUT2D eigenvalue weighted by molar-refractivity contribution is 6.75. The van der Waals surface area contributed by atoms with Gasteiger partial charge in [-0.2, -0.15) is 0 Å². The number of rotatable bonds is 2. The topological polar surface area (TPSA) is 9.23 Å². The first-order chi connectivity index (χ1) is 9.21. The Bertz CT molecular complexity index is 375. The zero-order valence-electron chi connectivity index (χ0n) is 11.9. The second-order valence-corrected chi connectivity index (χ2v) is 15.3. The second-order valence-electron chi connectivity index (χ2n) is 8.88. The largest absolute Gasteiger partial charge is 0.454 e. The molecule has 6 aliphatic rings. The number of hydrogen-bond donors (Lipinski definition) is 0. The maximum atomic E-state index is 7.29. The van der Waals surface area contributed by atoms with E-state index in [1.54, 1.807) is 77.0 Å². The van der Waals surface area contributed by atoms with Crippen LogP contribution in [-0.4, -0.2) is 18.1 Å². The van der Waals surface area contributed by atoms with Gasteiger partial charge >= 0.3 is 0 Å². The van der Waals surface area contributed by atoms with Gasteiger partial charge in [0.1, 0.15) is 0 Å². The van der Waals surface area contributed by atoms with Gasteiger partial charge in [-0.15, -0.1) is 0 Å². The molecular weight excluding hydrogens is 264 g/mol. The molecule has 3 heteroatoms. The Morgan fingerprint density at radius 1 is 0.421 bits per heavy atom. The Labute approximate surface area is 119 Å². The minimum atomic E-state index is -0.441. The molecule has 0 atom stereocenters. The fraction of sp³-hybridized carbons (Fsp3) is 1.00. The molecule has 0 amide bonds. The van der Waals surface area contributed by atoms with Crippen molar-refractivity contribution < 1.29 is 4.12 Å². The highest BCUT2D eigenvalue weighted by Crippen LogP contribution is 2.83. The maximum Gasteiger partial charge on any atom is 0.211 e. The van der Waals surface area contributed by atoms with Gasteiger partial charge in [0, 0.05) is 0 Å². The third-order valence-electron chi connectivity index (χ3n) is 7.71. The minimum Gasteiger partial charge on any atom is -0.454 e. The van der Waals surface area contributed by atoms with Gasteiger partial charge in [-0.05, 0) is 97.2 Å². The Morgan fingerprint density at radius 2 is 0.632 bits per heavy atom. The molecular formula is C16H24OSi2. The molecule has 0 N–H and O–H groups in total. The Hall–Kier alpha value is 0.394. The van der Waals surface area contributed by atoms with Crippen LogP contribution in [0, 0.1) is 0 Å². The van der Waals surface area contributed by atoms with Crippen molar-refractivity contribution in [3.05, 3.63) is 0 Å². The lowest BCUT2D eigenvalue weighted by atomic mass is 10.2. The van der Waals surface area contributed by atoms with Crippen molar-refractivity contribution in [1.82, 2.24) is 0 Å². The van der Waals surface area contributed by atoms with Crippen molar-refractivity contribution in [3.63, 3.8) is 0 Å². The van der Waals surface area contributed by atoms with Crippen LogP contribution in [-0.2, 0) is 4.12 Å². The van der Waals surface area contributed by atoms with Crippen molar-refractivity contribution in [2.75, 3.05) is 0 Å². The Kier molecular flexibility index (Phi) is 1.72. The fourth-order valence-corrected chi connectivity index (χ4v) is 15.8. The lowest BCUT2D eigenvalue weighted by Crippen LogP contribution is -2.38. The molecule has 0 unspecified atom stereocenters. The second kappa shape index (κ2) is 2.96. The summed E-state index contributed by atoms with van der Waals surface area (Å²) in [5.41, 5.74) is 0. The van der Waals surface area contributed by atoms with E-state index in [9.17, 15) is 0 Å². The lowest BCUT2D eigenvalue weighted by molar-refractivity contribution is 0.518. The van der Waals surface area contributed by atoms with E-state index in [0.717, 1.165) is 20.2 Å². The summed E-state index contributed by atoms with van der Waals surface area (Å²) >= 11 is 0. The predicted molar refractivity (Wildman–Crippen MR) is 78.8 cm³/mol. The standard InChI is InChI=1S/C16H24OSi2/c1-2-13(1)9-10-14(3-4-14)18(13)17-19-15(5-6-15)11-12-16(19)7-8-16/h1-12H2. The van der Waals surface area contributed by atoms with Crippen LogP contribution in [0.4, 0.5) is 0 Å². The molecule has 2 heterocycles. The summed E-state index contributed by atoms with van der Waals surface area (Å²) in [6, 6.07) is 0. The summed E-state index contributed by atoms with van der Waals surface area (Å²) in [6.07, 6.45) is 18.7. The Morgan fingerprint density at radius 3 is 0.842 bits per heavy atom. The van der Waals surface area contributed by atoms with Gasteiger partial charge in [-0.3, -0.25) is 0 Å². The average Bonchev–Trinajstić information content (AvgIpc) is 3.27. The molecule has 0 bridgehead atoms. The average molecular weight is 289 g/mol. The summed E-state index contributed by atoms with van der Waals surface area (Å²) in [6.45, 7) is 0. The molecule has 4 spiro atoms. The predicted octanol–water partition coefficient (Wildman–Crippen LogP) is 4.71. The molecule has 2 radical (unpaired) electrons. The highest BCUT2D eigenvalue weighted by Gasteiger charge is 2.75. The summed E-state index contributed by atoms with van der Waals surface area (Å²) < 4.78 is 7.29. The van der Waals surface area contributed by atoms with Gasteiger partial charge in [0.05, 0.1) is 0 Å². The van der Waals surface area contributed by atoms with Crippen LogP contribution in [0.1, 0.15) is 77.0 Å². The summed E-state index contributed by atoms with van der Waals surface area (Å²) in [5.74, 6) is 0. The van der Waals surface area contributed by atoms with Gasteiger partial charge in [0.25, 0.3) is 0 Å². The van der Waals surface area contributed by atoms with Gasteiger partial charge in [0.15, 0.2) is 0 Å². The third-order valence-corrected chi connectivity index (χ3v) is 16.2. The first kappa shape index (κ1) is 11.0. The molecule has 1 nitrogen and oxygen atoms in total. The molecule has 0 aromatic carbocycles. The SMILES string of the molecule is C1CC12CCC1(CC1)[Si]2O[Si]1C2(CC2)CCC12CC2. The molecule has 6 rings (SSSR count). The zero-order valence-corrected chi connectivity index (χ0v) is 13.9. The van der Waals surface area contributed by atoms with Crippen LogP contribution in [0.25, 0.3) is 0 Å². The summed E-state index contributed by atoms with van der Waals surface area (Å²) in [7, 11) is -0.881. The van der Waals surface area contributed by atoms with E-state index in [1.165, 1.54) is 0 Å². The van der Waals surface area contributed by atoms with Gasteiger partial charge < -0.3 is 4.12 Å². The molecule has 102 valence electrons. The molecule has 4 aliphatic carbocycles. The van der Waals surface area contributed by atoms with E-state index in [4.69, 9.17) is 4.12 Å². The van der Waals surface area contributed by atoms with E-state index in [2.05, 4.69) is 0 Å². The first-order valence-corrected chi connectivity index (χ1v) is 11.5. The van der Waals surface area contributed by atoms with Crippen molar-refractivity contribution in [1.29, 1.82) is 0 Å². The Balaban J connectivity index is 1.34. The molecule has 0 aromatic rings. The molecule has 2 saturated heterocycles. The number of hydrogen-bond acceptors (Lipinski definition) is 1. The van der Waals surface area contributed by atoms with E-state index in [1.807, 2.05) is 0 Å². The van der Waals surface area contributed by atoms with E-state index < -0.39 is 18.1 Å². The van der Waals surface area contributed by atoms with Crippen LogP contribution < -0.4 is 0 Å². The van der Waals surface area contributed by atoms with Crippen molar-refractivity contribution in [3.8, 4) is 0 Å². The summed E-state index contributed by atoms with van der Waals surface area (Å²) in [4.78, 5) is 0. The van der Waals surface area contributed by atoms with Crippen molar-refractivity contribution in [2.24, 2.45) is 0 Å². The first-order valence-electron chi connectivity index (χ1n) is 8.65. The zero-order chi connectivity index (χ0) is 12.3. The van der Waals surface area contributed by atoms with E-state index >= 15 is 0 Å². The molecule has 0 aromatic heterocycles. The van der Waals surface area contributed by atoms with Gasteiger partial charge in [-0.25, -0.2) is 0 Å². The van der Waals surface area contributed by atoms with Crippen molar-refractivity contribution in [2.45, 2.75) is 97.2 Å². The minimum absolute atomic E-state index is 0.441. The smallest absolute Gasteiger partial charge is 0.211 e. The third kappa shape index (κ3) is 1.27. The maximum absolute atomic E-state index is 7.29. The highest BCUT2D eigenvalue weighted by atomic mass is 28.4. The molecule has 4 saturated carbocycles. The van der Waals surface area contributed by atoms with Crippen LogP contribution in [0.3, 0.4) is 0 Å². The molecule has 6 fully saturated rings. The van der Waals surface area contributed by atoms with Gasteiger partial charge in [-0.1, -0.05) is 0 Å². The lowest BCUT2D eigenvalue weighted by Gasteiger charge is -2.31. The van der Waals surface area contributed by atoms with E-state index in [0.29, 0.717) is 0 Å². The fourth-order valence-electron chi connectivity index (χ4n) is 5.58. The van der Waals surface area contributed by atoms with Crippen molar-refractivity contribution >= 4 is 18.1 Å². The van der Waals surface area contributed by atoms with Crippen LogP contribution >= 0.6 is 0 Å². The normalized spacial score (nSPS) is 41.7. The quantitative estimate of drug-likeness (QED) is 0.669. The molecule has 2 aliphatic heterocycles. The van der Waals surface area contributed by atoms with Crippen LogP contribution in [0.2, 0.25) is 20.2 Å². The van der Waals surface area contributed by atoms with E-state index in [-0.39, 0.29) is 0 Å².